The van der Waals surface area contributed by atoms with Gasteiger partial charge in [0.2, 0.25) is 0 Å². The molecular formula is C30H33N3O5S. The van der Waals surface area contributed by atoms with E-state index in [9.17, 15) is 20.0 Å². The zero-order valence-corrected chi connectivity index (χ0v) is 23.8. The van der Waals surface area contributed by atoms with Crippen LogP contribution in [-0.4, -0.2) is 44.8 Å². The zero-order chi connectivity index (χ0) is 28.5. The van der Waals surface area contributed by atoms with E-state index in [2.05, 4.69) is 11.1 Å². The highest BCUT2D eigenvalue weighted by Gasteiger charge is 2.39. The van der Waals surface area contributed by atoms with Crippen molar-refractivity contribution in [2.24, 2.45) is 0 Å². The van der Waals surface area contributed by atoms with Crippen molar-refractivity contribution in [3.8, 4) is 32.8 Å². The third kappa shape index (κ3) is 6.07. The topological polar surface area (TPSA) is 113 Å². The van der Waals surface area contributed by atoms with E-state index < -0.39 is 29.7 Å². The second-order valence-electron chi connectivity index (χ2n) is 10.8. The van der Waals surface area contributed by atoms with E-state index in [-0.39, 0.29) is 6.10 Å². The third-order valence-electron chi connectivity index (χ3n) is 6.43. The summed E-state index contributed by atoms with van der Waals surface area (Å²) < 4.78 is 11.3. The molecule has 1 amide bonds. The Morgan fingerprint density at radius 3 is 2.59 bits per heavy atom. The van der Waals surface area contributed by atoms with E-state index in [4.69, 9.17) is 9.47 Å². The standard InChI is InChI=1S/C30H33N3O5S/c1-17(2)37-25-13-10-19(14-20(25)15-31)27-32-16-26(39-27)23-9-7-8-22-21(23)11-12-24(22)33(18(3)28(34)35)29(36)38-30(4,5)6/h7-10,13-14,16-18,24H,11-12H2,1-6H3,(H,34,35). The maximum atomic E-state index is 13.2. The molecule has 0 aliphatic heterocycles. The quantitative estimate of drug-likeness (QED) is 0.345. The fourth-order valence-corrected chi connectivity index (χ4v) is 5.75. The van der Waals surface area contributed by atoms with Crippen LogP contribution in [0.3, 0.4) is 0 Å². The van der Waals surface area contributed by atoms with E-state index in [1.54, 1.807) is 32.9 Å². The molecule has 1 N–H and O–H groups in total. The van der Waals surface area contributed by atoms with Gasteiger partial charge in [-0.25, -0.2) is 14.6 Å². The number of nitrogens with zero attached hydrogens (tertiary/aromatic N) is 3. The summed E-state index contributed by atoms with van der Waals surface area (Å²) in [6.45, 7) is 10.6. The van der Waals surface area contributed by atoms with E-state index in [1.807, 2.05) is 44.3 Å². The highest BCUT2D eigenvalue weighted by atomic mass is 32.1. The van der Waals surface area contributed by atoms with E-state index in [0.717, 1.165) is 32.1 Å². The number of carbonyl (C=O) groups excluding carboxylic acids is 1. The van der Waals surface area contributed by atoms with Gasteiger partial charge in [-0.05, 0) is 89.3 Å². The highest BCUT2D eigenvalue weighted by Crippen LogP contribution is 2.44. The Labute approximate surface area is 232 Å². The predicted molar refractivity (Wildman–Crippen MR) is 150 cm³/mol. The number of nitriles is 1. The molecule has 0 spiro atoms. The summed E-state index contributed by atoms with van der Waals surface area (Å²) >= 11 is 1.52. The Hall–Kier alpha value is -3.90. The van der Waals surface area contributed by atoms with Crippen molar-refractivity contribution in [1.82, 2.24) is 9.88 Å². The maximum absolute atomic E-state index is 13.2. The zero-order valence-electron chi connectivity index (χ0n) is 23.0. The number of hydrogen-bond acceptors (Lipinski definition) is 7. The van der Waals surface area contributed by atoms with Crippen molar-refractivity contribution < 1.29 is 24.2 Å². The number of carboxylic acids is 1. The fraction of sp³-hybridized carbons (Fsp3) is 0.400. The largest absolute Gasteiger partial charge is 0.490 e. The summed E-state index contributed by atoms with van der Waals surface area (Å²) in [5.41, 5.74) is 3.53. The lowest BCUT2D eigenvalue weighted by Gasteiger charge is -2.34. The fourth-order valence-electron chi connectivity index (χ4n) is 4.78. The number of hydrogen-bond donors (Lipinski definition) is 1. The van der Waals surface area contributed by atoms with Gasteiger partial charge in [0, 0.05) is 11.8 Å². The molecule has 2 aromatic carbocycles. The van der Waals surface area contributed by atoms with Crippen molar-refractivity contribution in [2.75, 3.05) is 0 Å². The first kappa shape index (κ1) is 28.1. The molecular weight excluding hydrogens is 514 g/mol. The summed E-state index contributed by atoms with van der Waals surface area (Å²) in [5.74, 6) is -0.538. The molecule has 4 rings (SSSR count). The Morgan fingerprint density at radius 2 is 1.95 bits per heavy atom. The smallest absolute Gasteiger partial charge is 0.411 e. The molecule has 0 fully saturated rings. The number of thiazole rings is 1. The van der Waals surface area contributed by atoms with Crippen molar-refractivity contribution >= 4 is 23.4 Å². The minimum atomic E-state index is -1.08. The second kappa shape index (κ2) is 11.1. The number of aromatic nitrogens is 1. The van der Waals surface area contributed by atoms with Crippen LogP contribution in [-0.2, 0) is 16.0 Å². The van der Waals surface area contributed by atoms with Gasteiger partial charge in [0.15, 0.2) is 0 Å². The molecule has 1 aliphatic rings. The van der Waals surface area contributed by atoms with Gasteiger partial charge in [-0.2, -0.15) is 5.26 Å². The van der Waals surface area contributed by atoms with Crippen molar-refractivity contribution in [3.63, 3.8) is 0 Å². The summed E-state index contributed by atoms with van der Waals surface area (Å²) in [7, 11) is 0. The molecule has 8 nitrogen and oxygen atoms in total. The molecule has 0 saturated carbocycles. The van der Waals surface area contributed by atoms with Gasteiger partial charge in [-0.3, -0.25) is 4.90 Å². The van der Waals surface area contributed by atoms with Gasteiger partial charge in [0.25, 0.3) is 0 Å². The second-order valence-corrected chi connectivity index (χ2v) is 11.9. The average molecular weight is 548 g/mol. The summed E-state index contributed by atoms with van der Waals surface area (Å²) in [6, 6.07) is 12.1. The van der Waals surface area contributed by atoms with Crippen LogP contribution in [0.2, 0.25) is 0 Å². The minimum absolute atomic E-state index is 0.0388. The number of benzene rings is 2. The number of carbonyl (C=O) groups is 2. The summed E-state index contributed by atoms with van der Waals surface area (Å²) in [4.78, 5) is 32.0. The van der Waals surface area contributed by atoms with Gasteiger partial charge < -0.3 is 14.6 Å². The molecule has 204 valence electrons. The minimum Gasteiger partial charge on any atom is -0.490 e. The van der Waals surface area contributed by atoms with E-state index >= 15 is 0 Å². The lowest BCUT2D eigenvalue weighted by atomic mass is 10.0. The third-order valence-corrected chi connectivity index (χ3v) is 7.51. The number of carboxylic acid groups (broad SMARTS) is 1. The van der Waals surface area contributed by atoms with Gasteiger partial charge in [-0.15, -0.1) is 11.3 Å². The van der Waals surface area contributed by atoms with Crippen LogP contribution in [0.25, 0.3) is 21.0 Å². The van der Waals surface area contributed by atoms with Crippen LogP contribution in [0.15, 0.2) is 42.6 Å². The van der Waals surface area contributed by atoms with Gasteiger partial charge in [-0.1, -0.05) is 18.2 Å². The van der Waals surface area contributed by atoms with Crippen LogP contribution in [0.1, 0.15) is 70.7 Å². The number of ether oxygens (including phenoxy) is 2. The molecule has 2 atom stereocenters. The lowest BCUT2D eigenvalue weighted by molar-refractivity contribution is -0.143. The van der Waals surface area contributed by atoms with Crippen LogP contribution in [0.4, 0.5) is 4.79 Å². The molecule has 1 aromatic heterocycles. The maximum Gasteiger partial charge on any atom is 0.411 e. The SMILES string of the molecule is CC(C)Oc1ccc(-c2ncc(-c3cccc4c3CCC4N(C(=O)OC(C)(C)C)C(C)C(=O)O)s2)cc1C#N. The van der Waals surface area contributed by atoms with Crippen LogP contribution < -0.4 is 4.74 Å². The molecule has 0 saturated heterocycles. The molecule has 0 bridgehead atoms. The molecule has 1 heterocycles. The van der Waals surface area contributed by atoms with Gasteiger partial charge >= 0.3 is 12.1 Å². The summed E-state index contributed by atoms with van der Waals surface area (Å²) in [5, 5.41) is 20.2. The van der Waals surface area contributed by atoms with Crippen LogP contribution in [0, 0.1) is 11.3 Å². The van der Waals surface area contributed by atoms with Gasteiger partial charge in [0.05, 0.1) is 22.6 Å². The monoisotopic (exact) mass is 547 g/mol. The molecule has 3 aromatic rings. The molecule has 9 heteroatoms. The predicted octanol–water partition coefficient (Wildman–Crippen LogP) is 6.83. The average Bonchev–Trinajstić information content (AvgIpc) is 3.51. The first-order valence-corrected chi connectivity index (χ1v) is 13.7. The van der Waals surface area contributed by atoms with E-state index in [1.165, 1.54) is 23.2 Å². The van der Waals surface area contributed by atoms with Crippen LogP contribution >= 0.6 is 11.3 Å². The Bertz CT molecular complexity index is 1430. The van der Waals surface area contributed by atoms with Crippen molar-refractivity contribution in [2.45, 2.75) is 78.2 Å². The lowest BCUT2D eigenvalue weighted by Crippen LogP contribution is -2.47. The summed E-state index contributed by atoms with van der Waals surface area (Å²) in [6.07, 6.45) is 2.42. The Balaban J connectivity index is 1.68. The molecule has 2 unspecified atom stereocenters. The molecule has 1 aliphatic carbocycles. The highest BCUT2D eigenvalue weighted by molar-refractivity contribution is 7.18. The van der Waals surface area contributed by atoms with Crippen molar-refractivity contribution in [3.05, 3.63) is 59.3 Å². The van der Waals surface area contributed by atoms with Crippen molar-refractivity contribution in [1.29, 1.82) is 5.26 Å². The number of aliphatic carboxylic acids is 1. The van der Waals surface area contributed by atoms with E-state index in [0.29, 0.717) is 24.2 Å². The van der Waals surface area contributed by atoms with Gasteiger partial charge in [0.1, 0.15) is 28.5 Å². The number of fused-ring (bicyclic) bond motifs is 1. The van der Waals surface area contributed by atoms with Crippen LogP contribution in [0.5, 0.6) is 5.75 Å². The number of rotatable bonds is 7. The Kier molecular flexibility index (Phi) is 7.98. The Morgan fingerprint density at radius 1 is 1.21 bits per heavy atom. The molecule has 39 heavy (non-hydrogen) atoms. The molecule has 0 radical (unpaired) electrons. The first-order chi connectivity index (χ1) is 18.4. The first-order valence-electron chi connectivity index (χ1n) is 12.9. The normalized spacial score (nSPS) is 15.4. The number of amides is 1.